The molecule has 0 fully saturated rings. The molecule has 0 rings (SSSR count). The van der Waals surface area contributed by atoms with Gasteiger partial charge in [-0.05, 0) is 5.92 Å². The molecule has 0 saturated carbocycles. The van der Waals surface area contributed by atoms with Crippen molar-refractivity contribution in [1.82, 2.24) is 0 Å². The molecule has 0 aliphatic carbocycles. The molecular formula is C9H17NO7. The number of carboxylic acid groups (broad SMARTS) is 3. The molecular weight excluding hydrogens is 234 g/mol. The van der Waals surface area contributed by atoms with Crippen LogP contribution in [0.4, 0.5) is 0 Å². The maximum atomic E-state index is 10.0. The van der Waals surface area contributed by atoms with Crippen LogP contribution < -0.4 is 5.73 Å². The number of hydrogen-bond acceptors (Lipinski definition) is 5. The van der Waals surface area contributed by atoms with Crippen LogP contribution in [0.3, 0.4) is 0 Å². The second-order valence-electron chi connectivity index (χ2n) is 3.56. The summed E-state index contributed by atoms with van der Waals surface area (Å²) in [4.78, 5) is 29.4. The van der Waals surface area contributed by atoms with E-state index in [1.807, 2.05) is 0 Å². The van der Waals surface area contributed by atoms with Gasteiger partial charge in [-0.1, -0.05) is 13.8 Å². The highest BCUT2D eigenvalue weighted by molar-refractivity contribution is 5.79. The minimum Gasteiger partial charge on any atom is -0.481 e. The van der Waals surface area contributed by atoms with Gasteiger partial charge in [0.25, 0.3) is 0 Å². The van der Waals surface area contributed by atoms with Crippen molar-refractivity contribution < 1.29 is 34.8 Å². The average Bonchev–Trinajstić information content (AvgIpc) is 2.15. The summed E-state index contributed by atoms with van der Waals surface area (Å²) in [6, 6.07) is -0.713. The van der Waals surface area contributed by atoms with Gasteiger partial charge >= 0.3 is 17.9 Å². The Labute approximate surface area is 97.7 Å². The lowest BCUT2D eigenvalue weighted by Gasteiger charge is -2.07. The Balaban J connectivity index is 0. The molecule has 100 valence electrons. The number of aliphatic carboxylic acids is 3. The Morgan fingerprint density at radius 3 is 1.53 bits per heavy atom. The zero-order chi connectivity index (χ0) is 14.2. The van der Waals surface area contributed by atoms with Crippen molar-refractivity contribution >= 4 is 17.9 Å². The normalized spacial score (nSPS) is 13.2. The minimum atomic E-state index is -1.79. The Morgan fingerprint density at radius 2 is 1.47 bits per heavy atom. The van der Waals surface area contributed by atoms with Crippen LogP contribution in [0.2, 0.25) is 0 Å². The smallest absolute Gasteiger partial charge is 0.333 e. The monoisotopic (exact) mass is 251 g/mol. The van der Waals surface area contributed by atoms with Crippen LogP contribution in [0, 0.1) is 5.92 Å². The standard InChI is InChI=1S/C5H11NO2.C4H6O5/c1-3(2)4(6)5(7)8;5-2(4(8)9)1-3(6)7/h3-4H,6H2,1-2H3,(H,7,8);2,5H,1H2,(H,6,7)(H,8,9)/t4-;/m0./s1. The first kappa shape index (κ1) is 17.7. The molecule has 0 aromatic heterocycles. The molecule has 6 N–H and O–H groups in total. The molecule has 17 heavy (non-hydrogen) atoms. The van der Waals surface area contributed by atoms with Crippen LogP contribution in [-0.4, -0.2) is 50.5 Å². The maximum absolute atomic E-state index is 10.0. The summed E-state index contributed by atoms with van der Waals surface area (Å²) in [7, 11) is 0. The van der Waals surface area contributed by atoms with Gasteiger partial charge in [0.2, 0.25) is 0 Å². The fourth-order valence-electron chi connectivity index (χ4n) is 0.538. The van der Waals surface area contributed by atoms with Crippen molar-refractivity contribution in [2.45, 2.75) is 32.4 Å². The van der Waals surface area contributed by atoms with Gasteiger partial charge in [0.15, 0.2) is 6.10 Å². The maximum Gasteiger partial charge on any atom is 0.333 e. The summed E-state index contributed by atoms with van der Waals surface area (Å²) >= 11 is 0. The van der Waals surface area contributed by atoms with E-state index >= 15 is 0 Å². The van der Waals surface area contributed by atoms with E-state index in [1.54, 1.807) is 13.8 Å². The molecule has 0 heterocycles. The van der Waals surface area contributed by atoms with Gasteiger partial charge in [0.05, 0.1) is 6.42 Å². The van der Waals surface area contributed by atoms with E-state index in [-0.39, 0.29) is 5.92 Å². The highest BCUT2D eigenvalue weighted by Gasteiger charge is 2.16. The van der Waals surface area contributed by atoms with Crippen LogP contribution in [-0.2, 0) is 14.4 Å². The molecule has 0 amide bonds. The molecule has 0 aromatic rings. The van der Waals surface area contributed by atoms with Gasteiger partial charge in [0, 0.05) is 0 Å². The Hall–Kier alpha value is -1.67. The fourth-order valence-corrected chi connectivity index (χ4v) is 0.538. The Kier molecular flexibility index (Phi) is 8.84. The van der Waals surface area contributed by atoms with E-state index in [9.17, 15) is 14.4 Å². The molecule has 8 heteroatoms. The average molecular weight is 251 g/mol. The largest absolute Gasteiger partial charge is 0.481 e. The topological polar surface area (TPSA) is 158 Å². The molecule has 0 bridgehead atoms. The first-order chi connectivity index (χ1) is 7.59. The number of nitrogens with two attached hydrogens (primary N) is 1. The van der Waals surface area contributed by atoms with Crippen LogP contribution in [0.15, 0.2) is 0 Å². The van der Waals surface area contributed by atoms with E-state index in [1.165, 1.54) is 0 Å². The number of carbonyl (C=O) groups is 3. The van der Waals surface area contributed by atoms with Gasteiger partial charge < -0.3 is 26.2 Å². The van der Waals surface area contributed by atoms with E-state index in [4.69, 9.17) is 26.2 Å². The number of rotatable bonds is 5. The van der Waals surface area contributed by atoms with Crippen LogP contribution in [0.1, 0.15) is 20.3 Å². The first-order valence-electron chi connectivity index (χ1n) is 4.70. The fraction of sp³-hybridized carbons (Fsp3) is 0.667. The molecule has 2 atom stereocenters. The van der Waals surface area contributed by atoms with Crippen molar-refractivity contribution in [2.75, 3.05) is 0 Å². The third-order valence-electron chi connectivity index (χ3n) is 1.66. The predicted molar refractivity (Wildman–Crippen MR) is 56.3 cm³/mol. The summed E-state index contributed by atoms with van der Waals surface area (Å²) in [5.41, 5.74) is 5.16. The van der Waals surface area contributed by atoms with E-state index in [0.717, 1.165) is 0 Å². The molecule has 8 nitrogen and oxygen atoms in total. The molecule has 0 radical (unpaired) electrons. The van der Waals surface area contributed by atoms with E-state index in [0.29, 0.717) is 0 Å². The molecule has 1 unspecified atom stereocenters. The van der Waals surface area contributed by atoms with E-state index < -0.39 is 36.5 Å². The molecule has 0 saturated heterocycles. The summed E-state index contributed by atoms with van der Waals surface area (Å²) in [5, 5.41) is 32.4. The van der Waals surface area contributed by atoms with Gasteiger partial charge in [-0.3, -0.25) is 9.59 Å². The number of aliphatic hydroxyl groups is 1. The number of hydrogen-bond donors (Lipinski definition) is 5. The Morgan fingerprint density at radius 1 is 1.06 bits per heavy atom. The van der Waals surface area contributed by atoms with Crippen molar-refractivity contribution in [3.63, 3.8) is 0 Å². The highest BCUT2D eigenvalue weighted by Crippen LogP contribution is 1.96. The third-order valence-corrected chi connectivity index (χ3v) is 1.66. The lowest BCUT2D eigenvalue weighted by atomic mass is 10.1. The summed E-state index contributed by atoms with van der Waals surface area (Å²) in [5.74, 6) is -3.75. The SMILES string of the molecule is CC(C)[C@H](N)C(=O)O.O=C(O)CC(O)C(=O)O. The molecule has 0 aliphatic rings. The summed E-state index contributed by atoms with van der Waals surface area (Å²) in [6.45, 7) is 3.55. The minimum absolute atomic E-state index is 0.0208. The van der Waals surface area contributed by atoms with Gasteiger partial charge in [0.1, 0.15) is 6.04 Å². The van der Waals surface area contributed by atoms with E-state index in [2.05, 4.69) is 0 Å². The lowest BCUT2D eigenvalue weighted by molar-refractivity contribution is -0.152. The lowest BCUT2D eigenvalue weighted by Crippen LogP contribution is -2.34. The van der Waals surface area contributed by atoms with Gasteiger partial charge in [-0.25, -0.2) is 4.79 Å². The third kappa shape index (κ3) is 10.6. The van der Waals surface area contributed by atoms with Crippen molar-refractivity contribution in [2.24, 2.45) is 11.7 Å². The van der Waals surface area contributed by atoms with Crippen LogP contribution in [0.5, 0.6) is 0 Å². The molecule has 0 aliphatic heterocycles. The summed E-state index contributed by atoms with van der Waals surface area (Å²) in [6.07, 6.45) is -2.54. The van der Waals surface area contributed by atoms with Gasteiger partial charge in [-0.15, -0.1) is 0 Å². The van der Waals surface area contributed by atoms with Crippen LogP contribution in [0.25, 0.3) is 0 Å². The molecule has 0 spiro atoms. The molecule has 0 aromatic carbocycles. The Bertz CT molecular complexity index is 277. The number of carboxylic acids is 3. The predicted octanol–water partition coefficient (Wildman–Crippen LogP) is -1.04. The van der Waals surface area contributed by atoms with Gasteiger partial charge in [-0.2, -0.15) is 0 Å². The second kappa shape index (κ2) is 8.48. The zero-order valence-electron chi connectivity index (χ0n) is 9.53. The highest BCUT2D eigenvalue weighted by atomic mass is 16.4. The second-order valence-corrected chi connectivity index (χ2v) is 3.56. The van der Waals surface area contributed by atoms with Crippen LogP contribution >= 0.6 is 0 Å². The van der Waals surface area contributed by atoms with Crippen molar-refractivity contribution in [1.29, 1.82) is 0 Å². The summed E-state index contributed by atoms with van der Waals surface area (Å²) < 4.78 is 0. The number of aliphatic hydroxyl groups excluding tert-OH is 1. The zero-order valence-corrected chi connectivity index (χ0v) is 9.53. The van der Waals surface area contributed by atoms with Crippen molar-refractivity contribution in [3.05, 3.63) is 0 Å². The first-order valence-corrected chi connectivity index (χ1v) is 4.70. The van der Waals surface area contributed by atoms with Crippen molar-refractivity contribution in [3.8, 4) is 0 Å². The quantitative estimate of drug-likeness (QED) is 0.414.